The molecule has 1 atom stereocenters. The molecular formula is C18H19ClF2N2O3S. The summed E-state index contributed by atoms with van der Waals surface area (Å²) in [4.78, 5) is 11.9. The molecule has 9 heteroatoms. The van der Waals surface area contributed by atoms with Crippen molar-refractivity contribution in [2.45, 2.75) is 36.0 Å². The second-order valence-corrected chi connectivity index (χ2v) is 8.12. The van der Waals surface area contributed by atoms with Crippen molar-refractivity contribution in [3.05, 3.63) is 59.2 Å². The van der Waals surface area contributed by atoms with Gasteiger partial charge in [-0.1, -0.05) is 6.07 Å². The second kappa shape index (κ2) is 8.22. The van der Waals surface area contributed by atoms with Crippen LogP contribution in [-0.2, 0) is 16.3 Å². The second-order valence-electron chi connectivity index (χ2n) is 6.21. The first-order valence-corrected chi connectivity index (χ1v) is 9.65. The summed E-state index contributed by atoms with van der Waals surface area (Å²) in [6.45, 7) is 0. The van der Waals surface area contributed by atoms with Gasteiger partial charge >= 0.3 is 5.76 Å². The van der Waals surface area contributed by atoms with Gasteiger partial charge in [-0.2, -0.15) is 8.78 Å². The minimum atomic E-state index is -4.67. The number of rotatable bonds is 4. The third kappa shape index (κ3) is 4.39. The van der Waals surface area contributed by atoms with E-state index in [4.69, 9.17) is 5.73 Å². The molecule has 2 aromatic carbocycles. The number of nitrogens with one attached hydrogen (secondary N) is 1. The molecule has 1 amide bonds. The molecule has 3 rings (SSSR count). The number of carbonyl (C=O) groups is 1. The van der Waals surface area contributed by atoms with Crippen LogP contribution in [0.5, 0.6) is 0 Å². The Hall–Kier alpha value is -2.19. The molecule has 0 fully saturated rings. The summed E-state index contributed by atoms with van der Waals surface area (Å²) in [6, 6.07) is 9.92. The van der Waals surface area contributed by atoms with Gasteiger partial charge in [-0.25, -0.2) is 8.42 Å². The zero-order valence-corrected chi connectivity index (χ0v) is 15.8. The van der Waals surface area contributed by atoms with Crippen molar-refractivity contribution in [3.8, 4) is 0 Å². The summed E-state index contributed by atoms with van der Waals surface area (Å²) in [5.41, 5.74) is 8.79. The molecule has 5 nitrogen and oxygen atoms in total. The lowest BCUT2D eigenvalue weighted by atomic mass is 9.87. The molecule has 0 saturated heterocycles. The van der Waals surface area contributed by atoms with E-state index in [0.29, 0.717) is 5.69 Å². The standard InChI is InChI=1S/C18H18F2N2O3S.ClH/c19-18(20)26(24,25)14-7-4-11(5-8-14)17(23)22-16-3-1-2-12-10-13(21)6-9-15(12)16;/h4-10,16,18H,1-3,21H2,(H,22,23);1H. The number of hydrogen-bond donors (Lipinski definition) is 2. The number of halogens is 3. The Balaban J connectivity index is 0.00000261. The zero-order valence-electron chi connectivity index (χ0n) is 14.2. The van der Waals surface area contributed by atoms with Gasteiger partial charge in [-0.15, -0.1) is 12.4 Å². The van der Waals surface area contributed by atoms with Gasteiger partial charge in [0.15, 0.2) is 0 Å². The lowest BCUT2D eigenvalue weighted by Gasteiger charge is -2.26. The van der Waals surface area contributed by atoms with Gasteiger partial charge in [0.25, 0.3) is 5.91 Å². The van der Waals surface area contributed by atoms with Gasteiger partial charge < -0.3 is 11.1 Å². The third-order valence-electron chi connectivity index (χ3n) is 4.47. The van der Waals surface area contributed by atoms with Crippen LogP contribution in [0, 0.1) is 0 Å². The van der Waals surface area contributed by atoms with E-state index in [1.54, 1.807) is 6.07 Å². The van der Waals surface area contributed by atoms with Gasteiger partial charge in [0.05, 0.1) is 10.9 Å². The molecular weight excluding hydrogens is 398 g/mol. The van der Waals surface area contributed by atoms with Crippen LogP contribution in [0.1, 0.15) is 40.4 Å². The Kier molecular flexibility index (Phi) is 6.43. The molecule has 1 unspecified atom stereocenters. The first-order chi connectivity index (χ1) is 12.3. The summed E-state index contributed by atoms with van der Waals surface area (Å²) < 4.78 is 48.0. The van der Waals surface area contributed by atoms with E-state index in [1.807, 2.05) is 12.1 Å². The maximum absolute atomic E-state index is 12.6. The van der Waals surface area contributed by atoms with Crippen molar-refractivity contribution in [2.75, 3.05) is 5.73 Å². The Labute approximate surface area is 162 Å². The average Bonchev–Trinajstić information content (AvgIpc) is 2.61. The van der Waals surface area contributed by atoms with Crippen molar-refractivity contribution < 1.29 is 22.0 Å². The van der Waals surface area contributed by atoms with Gasteiger partial charge in [-0.05, 0) is 66.8 Å². The lowest BCUT2D eigenvalue weighted by Crippen LogP contribution is -2.31. The van der Waals surface area contributed by atoms with Crippen molar-refractivity contribution in [1.82, 2.24) is 5.32 Å². The monoisotopic (exact) mass is 416 g/mol. The summed E-state index contributed by atoms with van der Waals surface area (Å²) in [7, 11) is -4.67. The zero-order chi connectivity index (χ0) is 18.9. The molecule has 0 aromatic heterocycles. The van der Waals surface area contributed by atoms with Gasteiger partial charge in [0, 0.05) is 11.3 Å². The number of sulfone groups is 1. The van der Waals surface area contributed by atoms with Crippen LogP contribution in [-0.4, -0.2) is 20.1 Å². The summed E-state index contributed by atoms with van der Waals surface area (Å²) in [5.74, 6) is -3.88. The number of hydrogen-bond acceptors (Lipinski definition) is 4. The number of fused-ring (bicyclic) bond motifs is 1. The topological polar surface area (TPSA) is 89.3 Å². The highest BCUT2D eigenvalue weighted by atomic mass is 35.5. The maximum Gasteiger partial charge on any atom is 0.341 e. The fourth-order valence-corrected chi connectivity index (χ4v) is 3.85. The summed E-state index contributed by atoms with van der Waals surface area (Å²) in [6.07, 6.45) is 2.58. The molecule has 0 spiro atoms. The molecule has 27 heavy (non-hydrogen) atoms. The number of alkyl halides is 2. The highest BCUT2D eigenvalue weighted by molar-refractivity contribution is 7.91. The SMILES string of the molecule is Cl.Nc1ccc2c(c1)CCCC2NC(=O)c1ccc(S(=O)(=O)C(F)F)cc1. The fourth-order valence-electron chi connectivity index (χ4n) is 3.12. The van der Waals surface area contributed by atoms with Crippen LogP contribution in [0.2, 0.25) is 0 Å². The van der Waals surface area contributed by atoms with E-state index < -0.39 is 20.5 Å². The van der Waals surface area contributed by atoms with E-state index in [2.05, 4.69) is 5.32 Å². The van der Waals surface area contributed by atoms with Gasteiger partial charge in [-0.3, -0.25) is 4.79 Å². The molecule has 0 saturated carbocycles. The van der Waals surface area contributed by atoms with Crippen LogP contribution in [0.4, 0.5) is 14.5 Å². The Morgan fingerprint density at radius 2 is 1.81 bits per heavy atom. The van der Waals surface area contributed by atoms with Crippen LogP contribution in [0.3, 0.4) is 0 Å². The predicted octanol–water partition coefficient (Wildman–Crippen LogP) is 3.49. The maximum atomic E-state index is 12.6. The number of benzene rings is 2. The number of nitrogens with two attached hydrogens (primary N) is 1. The number of carbonyl (C=O) groups excluding carboxylic acids is 1. The van der Waals surface area contributed by atoms with Crippen LogP contribution in [0.15, 0.2) is 47.4 Å². The van der Waals surface area contributed by atoms with E-state index >= 15 is 0 Å². The van der Waals surface area contributed by atoms with Crippen molar-refractivity contribution in [1.29, 1.82) is 0 Å². The third-order valence-corrected chi connectivity index (χ3v) is 5.86. The Morgan fingerprint density at radius 1 is 1.15 bits per heavy atom. The highest BCUT2D eigenvalue weighted by Crippen LogP contribution is 2.31. The first kappa shape index (κ1) is 21.1. The van der Waals surface area contributed by atoms with Crippen LogP contribution < -0.4 is 11.1 Å². The van der Waals surface area contributed by atoms with Crippen LogP contribution in [0.25, 0.3) is 0 Å². The molecule has 0 aliphatic heterocycles. The fraction of sp³-hybridized carbons (Fsp3) is 0.278. The quantitative estimate of drug-likeness (QED) is 0.746. The molecule has 1 aliphatic rings. The number of anilines is 1. The summed E-state index contributed by atoms with van der Waals surface area (Å²) in [5, 5.41) is 2.91. The number of aryl methyl sites for hydroxylation is 1. The molecule has 2 aromatic rings. The Morgan fingerprint density at radius 3 is 2.44 bits per heavy atom. The Bertz CT molecular complexity index is 934. The molecule has 0 heterocycles. The van der Waals surface area contributed by atoms with Crippen molar-refractivity contribution >= 4 is 33.8 Å². The smallest absolute Gasteiger partial charge is 0.341 e. The minimum absolute atomic E-state index is 0. The van der Waals surface area contributed by atoms with E-state index in [9.17, 15) is 22.0 Å². The predicted molar refractivity (Wildman–Crippen MR) is 101 cm³/mol. The first-order valence-electron chi connectivity index (χ1n) is 8.10. The number of amides is 1. The van der Waals surface area contributed by atoms with Crippen molar-refractivity contribution in [2.24, 2.45) is 0 Å². The number of nitrogen functional groups attached to an aromatic ring is 1. The average molecular weight is 417 g/mol. The molecule has 146 valence electrons. The molecule has 1 aliphatic carbocycles. The minimum Gasteiger partial charge on any atom is -0.399 e. The van der Waals surface area contributed by atoms with E-state index in [0.717, 1.165) is 42.5 Å². The van der Waals surface area contributed by atoms with E-state index in [1.165, 1.54) is 12.1 Å². The molecule has 3 N–H and O–H groups in total. The normalized spacial score (nSPS) is 16.3. The summed E-state index contributed by atoms with van der Waals surface area (Å²) >= 11 is 0. The lowest BCUT2D eigenvalue weighted by molar-refractivity contribution is 0.0932. The van der Waals surface area contributed by atoms with Gasteiger partial charge in [0.1, 0.15) is 0 Å². The van der Waals surface area contributed by atoms with E-state index in [-0.39, 0.29) is 29.9 Å². The highest BCUT2D eigenvalue weighted by Gasteiger charge is 2.27. The molecule has 0 radical (unpaired) electrons. The molecule has 0 bridgehead atoms. The van der Waals surface area contributed by atoms with Gasteiger partial charge in [0.2, 0.25) is 9.84 Å². The largest absolute Gasteiger partial charge is 0.399 e. The van der Waals surface area contributed by atoms with Crippen molar-refractivity contribution in [3.63, 3.8) is 0 Å². The van der Waals surface area contributed by atoms with Crippen LogP contribution >= 0.6 is 12.4 Å².